The van der Waals surface area contributed by atoms with Crippen LogP contribution in [-0.4, -0.2) is 26.9 Å². The molecule has 0 N–H and O–H groups in total. The number of hydrogen-bond donors (Lipinski definition) is 0. The lowest BCUT2D eigenvalue weighted by Crippen LogP contribution is -2.28. The average Bonchev–Trinajstić information content (AvgIpc) is 3.67. The highest BCUT2D eigenvalue weighted by Crippen LogP contribution is 2.36. The van der Waals surface area contributed by atoms with Gasteiger partial charge in [-0.05, 0) is 42.5 Å². The van der Waals surface area contributed by atoms with E-state index in [0.29, 0.717) is 5.75 Å². The molecular weight excluding hydrogens is 507 g/mol. The standard InChI is InChI=1S/C32H29N3OS2/c1-22-12-14-25(15-13-22)29-18-27(30-11-6-16-37-30)33-35(29)32(36)21-38-31-20-34(28-10-4-3-9-26(28)31)19-24-8-5-7-23(2)17-24/h3-17,20,29H,18-19,21H2,1-2H3. The smallest absolute Gasteiger partial charge is 0.253 e. The van der Waals surface area contributed by atoms with E-state index in [2.05, 4.69) is 109 Å². The summed E-state index contributed by atoms with van der Waals surface area (Å²) in [6.45, 7) is 5.01. The van der Waals surface area contributed by atoms with Gasteiger partial charge in [0.25, 0.3) is 5.91 Å². The number of fused-ring (bicyclic) bond motifs is 1. The van der Waals surface area contributed by atoms with E-state index in [9.17, 15) is 4.79 Å². The molecule has 0 aliphatic carbocycles. The molecule has 3 aromatic carbocycles. The number of aryl methyl sites for hydroxylation is 2. The first-order chi connectivity index (χ1) is 18.5. The molecule has 0 saturated heterocycles. The second-order valence-electron chi connectivity index (χ2n) is 9.81. The van der Waals surface area contributed by atoms with Crippen LogP contribution >= 0.6 is 23.1 Å². The fourth-order valence-corrected chi connectivity index (χ4v) is 6.71. The van der Waals surface area contributed by atoms with Crippen molar-refractivity contribution < 1.29 is 4.79 Å². The number of nitrogens with zero attached hydrogens (tertiary/aromatic N) is 3. The molecule has 0 saturated carbocycles. The molecule has 1 amide bonds. The number of hydrazone groups is 1. The second kappa shape index (κ2) is 10.6. The first-order valence-corrected chi connectivity index (χ1v) is 14.7. The lowest BCUT2D eigenvalue weighted by atomic mass is 10.00. The van der Waals surface area contributed by atoms with E-state index < -0.39 is 0 Å². The number of para-hydroxylation sites is 1. The molecule has 1 unspecified atom stereocenters. The molecule has 1 aliphatic heterocycles. The van der Waals surface area contributed by atoms with E-state index in [-0.39, 0.29) is 11.9 Å². The number of hydrogen-bond acceptors (Lipinski definition) is 4. The highest BCUT2D eigenvalue weighted by Gasteiger charge is 2.33. The molecule has 1 aliphatic rings. The maximum absolute atomic E-state index is 13.7. The summed E-state index contributed by atoms with van der Waals surface area (Å²) in [5.74, 6) is 0.366. The van der Waals surface area contributed by atoms with Crippen molar-refractivity contribution in [3.8, 4) is 0 Å². The van der Waals surface area contributed by atoms with E-state index in [4.69, 9.17) is 5.10 Å². The Balaban J connectivity index is 1.25. The Morgan fingerprint density at radius 1 is 0.974 bits per heavy atom. The molecule has 3 heterocycles. The molecular formula is C32H29N3OS2. The van der Waals surface area contributed by atoms with Crippen molar-refractivity contribution in [3.63, 3.8) is 0 Å². The maximum Gasteiger partial charge on any atom is 0.253 e. The van der Waals surface area contributed by atoms with Crippen LogP contribution < -0.4 is 0 Å². The topological polar surface area (TPSA) is 37.6 Å². The fourth-order valence-electron chi connectivity index (χ4n) is 5.05. The molecule has 4 nitrogen and oxygen atoms in total. The number of rotatable bonds is 7. The minimum Gasteiger partial charge on any atom is -0.342 e. The predicted molar refractivity (Wildman–Crippen MR) is 159 cm³/mol. The Kier molecular flexibility index (Phi) is 6.92. The summed E-state index contributed by atoms with van der Waals surface area (Å²) in [6.07, 6.45) is 2.92. The van der Waals surface area contributed by atoms with Crippen molar-refractivity contribution in [2.24, 2.45) is 5.10 Å². The largest absolute Gasteiger partial charge is 0.342 e. The molecule has 0 radical (unpaired) electrons. The number of aromatic nitrogens is 1. The SMILES string of the molecule is Cc1ccc(C2CC(c3cccs3)=NN2C(=O)CSc2cn(Cc3cccc(C)c3)c3ccccc23)cc1. The van der Waals surface area contributed by atoms with E-state index in [1.54, 1.807) is 28.1 Å². The van der Waals surface area contributed by atoms with Gasteiger partial charge in [-0.15, -0.1) is 23.1 Å². The van der Waals surface area contributed by atoms with Crippen molar-refractivity contribution in [3.05, 3.63) is 124 Å². The molecule has 1 atom stereocenters. The molecule has 0 fully saturated rings. The zero-order valence-electron chi connectivity index (χ0n) is 21.5. The van der Waals surface area contributed by atoms with Crippen LogP contribution in [0.25, 0.3) is 10.9 Å². The third kappa shape index (κ3) is 5.06. The Hall–Kier alpha value is -3.61. The zero-order valence-corrected chi connectivity index (χ0v) is 23.1. The fraction of sp³-hybridized carbons (Fsp3) is 0.188. The summed E-state index contributed by atoms with van der Waals surface area (Å²) < 4.78 is 2.29. The van der Waals surface area contributed by atoms with Gasteiger partial charge in [0, 0.05) is 35.0 Å². The van der Waals surface area contributed by atoms with Crippen molar-refractivity contribution >= 4 is 45.6 Å². The Morgan fingerprint density at radius 2 is 1.82 bits per heavy atom. The van der Waals surface area contributed by atoms with Gasteiger partial charge in [-0.1, -0.05) is 83.9 Å². The van der Waals surface area contributed by atoms with E-state index in [0.717, 1.165) is 34.0 Å². The quantitative estimate of drug-likeness (QED) is 0.199. The number of amides is 1. The third-order valence-electron chi connectivity index (χ3n) is 6.97. The van der Waals surface area contributed by atoms with Crippen LogP contribution in [-0.2, 0) is 11.3 Å². The van der Waals surface area contributed by atoms with Gasteiger partial charge in [-0.2, -0.15) is 5.10 Å². The minimum atomic E-state index is -0.0801. The van der Waals surface area contributed by atoms with Gasteiger partial charge in [0.2, 0.25) is 0 Å². The van der Waals surface area contributed by atoms with Crippen LogP contribution in [0.4, 0.5) is 0 Å². The molecule has 6 heteroatoms. The average molecular weight is 536 g/mol. The van der Waals surface area contributed by atoms with Crippen LogP contribution in [0.5, 0.6) is 0 Å². The molecule has 190 valence electrons. The summed E-state index contributed by atoms with van der Waals surface area (Å²) >= 11 is 3.27. The Labute approximate surface area is 231 Å². The summed E-state index contributed by atoms with van der Waals surface area (Å²) in [7, 11) is 0. The zero-order chi connectivity index (χ0) is 26.1. The number of benzene rings is 3. The Morgan fingerprint density at radius 3 is 2.61 bits per heavy atom. The van der Waals surface area contributed by atoms with Gasteiger partial charge in [0.15, 0.2) is 0 Å². The highest BCUT2D eigenvalue weighted by molar-refractivity contribution is 8.00. The van der Waals surface area contributed by atoms with Crippen LogP contribution in [0.15, 0.2) is 107 Å². The Bertz CT molecular complexity index is 1620. The molecule has 6 rings (SSSR count). The summed E-state index contributed by atoms with van der Waals surface area (Å²) in [5, 5.41) is 9.81. The first kappa shape index (κ1) is 24.7. The molecule has 0 bridgehead atoms. The molecule has 0 spiro atoms. The van der Waals surface area contributed by atoms with Crippen LogP contribution in [0.2, 0.25) is 0 Å². The lowest BCUT2D eigenvalue weighted by Gasteiger charge is -2.22. The predicted octanol–water partition coefficient (Wildman–Crippen LogP) is 7.84. The van der Waals surface area contributed by atoms with E-state index in [1.807, 2.05) is 6.07 Å². The molecule has 5 aromatic rings. The highest BCUT2D eigenvalue weighted by atomic mass is 32.2. The van der Waals surface area contributed by atoms with Gasteiger partial charge >= 0.3 is 0 Å². The van der Waals surface area contributed by atoms with Gasteiger partial charge < -0.3 is 4.57 Å². The van der Waals surface area contributed by atoms with Crippen molar-refractivity contribution in [1.82, 2.24) is 9.58 Å². The van der Waals surface area contributed by atoms with Crippen LogP contribution in [0.3, 0.4) is 0 Å². The first-order valence-electron chi connectivity index (χ1n) is 12.8. The van der Waals surface area contributed by atoms with Crippen LogP contribution in [0.1, 0.15) is 39.6 Å². The van der Waals surface area contributed by atoms with Crippen molar-refractivity contribution in [2.75, 3.05) is 5.75 Å². The second-order valence-corrected chi connectivity index (χ2v) is 11.8. The van der Waals surface area contributed by atoms with Crippen molar-refractivity contribution in [1.29, 1.82) is 0 Å². The van der Waals surface area contributed by atoms with Gasteiger partial charge in [0.1, 0.15) is 0 Å². The number of thiophene rings is 1. The normalized spacial score (nSPS) is 15.3. The summed E-state index contributed by atoms with van der Waals surface area (Å²) in [6, 6.07) is 29.6. The monoisotopic (exact) mass is 535 g/mol. The number of carbonyl (C=O) groups is 1. The number of thioether (sulfide) groups is 1. The molecule has 38 heavy (non-hydrogen) atoms. The van der Waals surface area contributed by atoms with Gasteiger partial charge in [-0.25, -0.2) is 5.01 Å². The third-order valence-corrected chi connectivity index (χ3v) is 8.92. The molecule has 2 aromatic heterocycles. The van der Waals surface area contributed by atoms with Gasteiger partial charge in [0.05, 0.1) is 22.4 Å². The van der Waals surface area contributed by atoms with E-state index >= 15 is 0 Å². The minimum absolute atomic E-state index is 0.0302. The van der Waals surface area contributed by atoms with Gasteiger partial charge in [-0.3, -0.25) is 4.79 Å². The summed E-state index contributed by atoms with van der Waals surface area (Å²) in [4.78, 5) is 15.9. The van der Waals surface area contributed by atoms with E-state index in [1.165, 1.54) is 27.6 Å². The summed E-state index contributed by atoms with van der Waals surface area (Å²) in [5.41, 5.74) is 7.03. The maximum atomic E-state index is 13.7. The number of carbonyl (C=O) groups excluding carboxylic acids is 1. The van der Waals surface area contributed by atoms with Crippen molar-refractivity contribution in [2.45, 2.75) is 37.8 Å². The lowest BCUT2D eigenvalue weighted by molar-refractivity contribution is -0.130. The van der Waals surface area contributed by atoms with Crippen LogP contribution in [0, 0.1) is 13.8 Å².